The molecule has 3 N–H and O–H groups in total. The van der Waals surface area contributed by atoms with Crippen molar-refractivity contribution in [1.29, 1.82) is 0 Å². The summed E-state index contributed by atoms with van der Waals surface area (Å²) in [7, 11) is 0. The average molecular weight is 308 g/mol. The van der Waals surface area contributed by atoms with Crippen molar-refractivity contribution in [2.24, 2.45) is 5.73 Å². The van der Waals surface area contributed by atoms with Crippen LogP contribution in [0.3, 0.4) is 0 Å². The van der Waals surface area contributed by atoms with Gasteiger partial charge >= 0.3 is 0 Å². The molecular weight excluding hydrogens is 290 g/mol. The molecule has 0 amide bonds. The first kappa shape index (κ1) is 13.3. The summed E-state index contributed by atoms with van der Waals surface area (Å²) < 4.78 is 0.895. The molecule has 0 radical (unpaired) electrons. The van der Waals surface area contributed by atoms with E-state index in [1.807, 2.05) is 0 Å². The lowest BCUT2D eigenvalue weighted by Crippen LogP contribution is -1.98. The molecule has 0 saturated carbocycles. The summed E-state index contributed by atoms with van der Waals surface area (Å²) in [5.74, 6) is 1.31. The molecular formula is C14H18BrN3. The molecule has 96 valence electrons. The van der Waals surface area contributed by atoms with Crippen LogP contribution in [0, 0.1) is 6.92 Å². The summed E-state index contributed by atoms with van der Waals surface area (Å²) in [6.45, 7) is 6.91. The van der Waals surface area contributed by atoms with Gasteiger partial charge in [-0.1, -0.05) is 26.0 Å². The minimum atomic E-state index is 0.418. The fourth-order valence-corrected chi connectivity index (χ4v) is 2.46. The highest BCUT2D eigenvalue weighted by Crippen LogP contribution is 2.31. The van der Waals surface area contributed by atoms with Crippen molar-refractivity contribution in [3.05, 3.63) is 39.8 Å². The van der Waals surface area contributed by atoms with Crippen LogP contribution in [-0.4, -0.2) is 9.97 Å². The van der Waals surface area contributed by atoms with E-state index in [2.05, 4.69) is 64.9 Å². The Morgan fingerprint density at radius 3 is 2.67 bits per heavy atom. The van der Waals surface area contributed by atoms with Crippen molar-refractivity contribution in [3.63, 3.8) is 0 Å². The van der Waals surface area contributed by atoms with Crippen molar-refractivity contribution >= 4 is 15.9 Å². The molecule has 1 heterocycles. The van der Waals surface area contributed by atoms with E-state index in [9.17, 15) is 0 Å². The summed E-state index contributed by atoms with van der Waals surface area (Å²) in [4.78, 5) is 7.68. The van der Waals surface area contributed by atoms with Crippen molar-refractivity contribution in [2.75, 3.05) is 0 Å². The number of halogens is 1. The number of nitrogens with two attached hydrogens (primary N) is 1. The number of aromatic nitrogens is 2. The van der Waals surface area contributed by atoms with Gasteiger partial charge in [0.25, 0.3) is 0 Å². The molecule has 0 unspecified atom stereocenters. The molecule has 1 aromatic heterocycles. The van der Waals surface area contributed by atoms with Gasteiger partial charge in [-0.3, -0.25) is 0 Å². The van der Waals surface area contributed by atoms with Gasteiger partial charge in [0.1, 0.15) is 16.1 Å². The Morgan fingerprint density at radius 1 is 1.39 bits per heavy atom. The summed E-state index contributed by atoms with van der Waals surface area (Å²) in [5.41, 5.74) is 10.2. The maximum absolute atomic E-state index is 5.61. The fraction of sp³-hybridized carbons (Fsp3) is 0.357. The number of nitrogens with one attached hydrogen (secondary N) is 1. The lowest BCUT2D eigenvalue weighted by atomic mass is 9.96. The average Bonchev–Trinajstić information content (AvgIpc) is 2.71. The molecule has 0 spiro atoms. The molecule has 0 aliphatic heterocycles. The van der Waals surface area contributed by atoms with Crippen molar-refractivity contribution < 1.29 is 0 Å². The molecule has 2 rings (SSSR count). The molecule has 2 aromatic rings. The fourth-order valence-electron chi connectivity index (χ4n) is 1.93. The van der Waals surface area contributed by atoms with Gasteiger partial charge in [-0.25, -0.2) is 4.98 Å². The second-order valence-corrected chi connectivity index (χ2v) is 5.57. The molecule has 0 aliphatic rings. The number of benzene rings is 1. The molecule has 1 aromatic carbocycles. The van der Waals surface area contributed by atoms with Crippen LogP contribution in [0.2, 0.25) is 0 Å². The molecule has 0 saturated heterocycles. The Hall–Kier alpha value is -1.13. The van der Waals surface area contributed by atoms with E-state index < -0.39 is 0 Å². The van der Waals surface area contributed by atoms with E-state index in [0.29, 0.717) is 12.5 Å². The first-order valence-electron chi connectivity index (χ1n) is 6.08. The summed E-state index contributed by atoms with van der Waals surface area (Å²) in [5, 5.41) is 0. The van der Waals surface area contributed by atoms with Gasteiger partial charge in [-0.15, -0.1) is 0 Å². The van der Waals surface area contributed by atoms with E-state index in [-0.39, 0.29) is 0 Å². The van der Waals surface area contributed by atoms with Crippen molar-refractivity contribution in [3.8, 4) is 11.3 Å². The number of imidazole rings is 1. The molecule has 18 heavy (non-hydrogen) atoms. The van der Waals surface area contributed by atoms with Crippen LogP contribution in [-0.2, 0) is 6.54 Å². The molecule has 0 bridgehead atoms. The zero-order valence-electron chi connectivity index (χ0n) is 10.9. The topological polar surface area (TPSA) is 54.7 Å². The lowest BCUT2D eigenvalue weighted by molar-refractivity contribution is 0.866. The number of rotatable bonds is 3. The van der Waals surface area contributed by atoms with Gasteiger partial charge in [0, 0.05) is 5.56 Å². The zero-order valence-corrected chi connectivity index (χ0v) is 12.5. The highest BCUT2D eigenvalue weighted by atomic mass is 79.9. The zero-order chi connectivity index (χ0) is 13.3. The quantitative estimate of drug-likeness (QED) is 0.907. The smallest absolute Gasteiger partial charge is 0.121 e. The van der Waals surface area contributed by atoms with Crippen LogP contribution < -0.4 is 5.73 Å². The number of hydrogen-bond donors (Lipinski definition) is 2. The summed E-state index contributed by atoms with van der Waals surface area (Å²) >= 11 is 3.52. The highest BCUT2D eigenvalue weighted by Gasteiger charge is 2.13. The van der Waals surface area contributed by atoms with Gasteiger partial charge < -0.3 is 10.7 Å². The Balaban J connectivity index is 2.54. The summed E-state index contributed by atoms with van der Waals surface area (Å²) in [6.07, 6.45) is 0. The van der Waals surface area contributed by atoms with E-state index in [0.717, 1.165) is 21.7 Å². The van der Waals surface area contributed by atoms with Crippen LogP contribution in [0.25, 0.3) is 11.3 Å². The maximum Gasteiger partial charge on any atom is 0.121 e. The monoisotopic (exact) mass is 307 g/mol. The molecule has 4 heteroatoms. The van der Waals surface area contributed by atoms with Gasteiger partial charge in [0.2, 0.25) is 0 Å². The van der Waals surface area contributed by atoms with E-state index >= 15 is 0 Å². The molecule has 0 fully saturated rings. The molecule has 0 atom stereocenters. The number of nitrogens with zero attached hydrogens (tertiary/aromatic N) is 1. The number of H-pyrrole nitrogens is 1. The van der Waals surface area contributed by atoms with Gasteiger partial charge in [-0.05, 0) is 46.0 Å². The van der Waals surface area contributed by atoms with Gasteiger partial charge in [0.15, 0.2) is 0 Å². The molecule has 3 nitrogen and oxygen atoms in total. The highest BCUT2D eigenvalue weighted by molar-refractivity contribution is 9.10. The third-order valence-corrected chi connectivity index (χ3v) is 3.66. The van der Waals surface area contributed by atoms with Crippen LogP contribution in [0.15, 0.2) is 22.8 Å². The Bertz CT molecular complexity index is 558. The maximum atomic E-state index is 5.61. The lowest BCUT2D eigenvalue weighted by Gasteiger charge is -2.10. The van der Waals surface area contributed by atoms with E-state index in [4.69, 9.17) is 5.73 Å². The standard InChI is InChI=1S/C14H18BrN3/c1-8(2)10-5-4-9(3)11(6-10)13-14(15)18-12(7-16)17-13/h4-6,8H,7,16H2,1-3H3,(H,17,18). The number of aromatic amines is 1. The predicted molar refractivity (Wildman–Crippen MR) is 78.4 cm³/mol. The minimum Gasteiger partial charge on any atom is -0.335 e. The van der Waals surface area contributed by atoms with E-state index in [1.54, 1.807) is 0 Å². The number of hydrogen-bond acceptors (Lipinski definition) is 2. The van der Waals surface area contributed by atoms with Crippen LogP contribution in [0.5, 0.6) is 0 Å². The van der Waals surface area contributed by atoms with Gasteiger partial charge in [0.05, 0.1) is 6.54 Å². The van der Waals surface area contributed by atoms with Crippen LogP contribution in [0.1, 0.15) is 36.7 Å². The Labute approximate surface area is 116 Å². The Morgan fingerprint density at radius 2 is 2.11 bits per heavy atom. The van der Waals surface area contributed by atoms with E-state index in [1.165, 1.54) is 11.1 Å². The first-order valence-corrected chi connectivity index (χ1v) is 6.87. The minimum absolute atomic E-state index is 0.418. The largest absolute Gasteiger partial charge is 0.335 e. The SMILES string of the molecule is Cc1ccc(C(C)C)cc1-c1nc(CN)[nH]c1Br. The van der Waals surface area contributed by atoms with Crippen LogP contribution >= 0.6 is 15.9 Å². The third kappa shape index (κ3) is 2.49. The number of aryl methyl sites for hydroxylation is 1. The molecule has 0 aliphatic carbocycles. The second-order valence-electron chi connectivity index (χ2n) is 4.78. The predicted octanol–water partition coefficient (Wildman–Crippen LogP) is 3.73. The summed E-state index contributed by atoms with van der Waals surface area (Å²) in [6, 6.07) is 6.53. The van der Waals surface area contributed by atoms with Gasteiger partial charge in [-0.2, -0.15) is 0 Å². The van der Waals surface area contributed by atoms with Crippen molar-refractivity contribution in [2.45, 2.75) is 33.2 Å². The van der Waals surface area contributed by atoms with Crippen molar-refractivity contribution in [1.82, 2.24) is 9.97 Å². The Kier molecular flexibility index (Phi) is 3.88. The van der Waals surface area contributed by atoms with Crippen LogP contribution in [0.4, 0.5) is 0 Å². The normalized spacial score (nSPS) is 11.2. The second kappa shape index (κ2) is 5.24. The first-order chi connectivity index (χ1) is 8.52. The third-order valence-electron chi connectivity index (χ3n) is 3.09.